The van der Waals surface area contributed by atoms with E-state index in [1.165, 1.54) is 0 Å². The maximum atomic E-state index is 10.6. The molecule has 1 fully saturated rings. The third-order valence-corrected chi connectivity index (χ3v) is 2.19. The number of carbonyl (C=O) groups is 1. The number of rotatable bonds is 3. The molecule has 76 valence electrons. The van der Waals surface area contributed by atoms with Crippen molar-refractivity contribution in [2.24, 2.45) is 0 Å². The molecule has 1 aliphatic heterocycles. The van der Waals surface area contributed by atoms with Crippen LogP contribution in [-0.4, -0.2) is 38.0 Å². The van der Waals surface area contributed by atoms with E-state index >= 15 is 0 Å². The Kier molecular flexibility index (Phi) is 3.96. The Morgan fingerprint density at radius 3 is 2.62 bits per heavy atom. The lowest BCUT2D eigenvalue weighted by Crippen LogP contribution is -2.43. The van der Waals surface area contributed by atoms with Crippen LogP contribution >= 0.6 is 11.6 Å². The number of methoxy groups -OCH3 is 1. The van der Waals surface area contributed by atoms with E-state index in [4.69, 9.17) is 25.8 Å². The molecule has 0 radical (unpaired) electrons. The summed E-state index contributed by atoms with van der Waals surface area (Å²) in [4.78, 5) is 10.6. The summed E-state index contributed by atoms with van der Waals surface area (Å²) in [5.41, 5.74) is -1.36. The molecule has 0 spiro atoms. The van der Waals surface area contributed by atoms with E-state index in [-0.39, 0.29) is 0 Å². The van der Waals surface area contributed by atoms with Crippen molar-refractivity contribution in [3.05, 3.63) is 0 Å². The summed E-state index contributed by atoms with van der Waals surface area (Å²) in [6, 6.07) is 0. The Morgan fingerprint density at radius 1 is 1.54 bits per heavy atom. The zero-order valence-corrected chi connectivity index (χ0v) is 8.30. The van der Waals surface area contributed by atoms with Gasteiger partial charge in [0.25, 0.3) is 0 Å². The van der Waals surface area contributed by atoms with Gasteiger partial charge in [0.15, 0.2) is 0 Å². The molecule has 0 unspecified atom stereocenters. The largest absolute Gasteiger partial charge is 0.444 e. The first kappa shape index (κ1) is 10.8. The van der Waals surface area contributed by atoms with Crippen LogP contribution in [-0.2, 0) is 14.2 Å². The molecule has 1 rings (SSSR count). The van der Waals surface area contributed by atoms with E-state index in [0.29, 0.717) is 32.7 Å². The number of carbonyl (C=O) groups excluding carboxylic acids is 1. The predicted molar refractivity (Wildman–Crippen MR) is 47.0 cm³/mol. The Balaban J connectivity index is 2.55. The molecule has 1 saturated heterocycles. The van der Waals surface area contributed by atoms with Crippen LogP contribution in [0.5, 0.6) is 0 Å². The van der Waals surface area contributed by atoms with Crippen molar-refractivity contribution in [1.82, 2.24) is 0 Å². The molecule has 13 heavy (non-hydrogen) atoms. The van der Waals surface area contributed by atoms with Crippen molar-refractivity contribution in [3.63, 3.8) is 0 Å². The monoisotopic (exact) mass is 208 g/mol. The van der Waals surface area contributed by atoms with Gasteiger partial charge in [0.1, 0.15) is 5.60 Å². The number of hydrogen-bond acceptors (Lipinski definition) is 4. The molecule has 4 nitrogen and oxygen atoms in total. The SMILES string of the molecule is COCC1(OC(=O)Cl)CCOCC1. The Labute approximate surface area is 82.1 Å². The van der Waals surface area contributed by atoms with Crippen LogP contribution in [0, 0.1) is 0 Å². The summed E-state index contributed by atoms with van der Waals surface area (Å²) in [5.74, 6) is 0. The molecule has 0 amide bonds. The summed E-state index contributed by atoms with van der Waals surface area (Å²) < 4.78 is 15.2. The van der Waals surface area contributed by atoms with Gasteiger partial charge < -0.3 is 14.2 Å². The highest BCUT2D eigenvalue weighted by atomic mass is 35.5. The smallest absolute Gasteiger partial charge is 0.404 e. The van der Waals surface area contributed by atoms with Crippen LogP contribution in [0.2, 0.25) is 0 Å². The molecule has 0 aromatic carbocycles. The van der Waals surface area contributed by atoms with Crippen molar-refractivity contribution in [2.75, 3.05) is 26.9 Å². The minimum Gasteiger partial charge on any atom is -0.444 e. The zero-order valence-electron chi connectivity index (χ0n) is 7.55. The fourth-order valence-electron chi connectivity index (χ4n) is 1.45. The van der Waals surface area contributed by atoms with Crippen LogP contribution in [0.25, 0.3) is 0 Å². The van der Waals surface area contributed by atoms with Crippen molar-refractivity contribution >= 4 is 17.0 Å². The number of halogens is 1. The van der Waals surface area contributed by atoms with Crippen LogP contribution < -0.4 is 0 Å². The lowest BCUT2D eigenvalue weighted by atomic mass is 9.95. The molecule has 1 aliphatic rings. The maximum absolute atomic E-state index is 10.6. The fourth-order valence-corrected chi connectivity index (χ4v) is 1.62. The summed E-state index contributed by atoms with van der Waals surface area (Å²) in [6.45, 7) is 1.52. The molecule has 0 aliphatic carbocycles. The van der Waals surface area contributed by atoms with Crippen LogP contribution in [0.3, 0.4) is 0 Å². The predicted octanol–water partition coefficient (Wildman–Crippen LogP) is 1.56. The van der Waals surface area contributed by atoms with E-state index in [2.05, 4.69) is 0 Å². The van der Waals surface area contributed by atoms with Crippen molar-refractivity contribution in [2.45, 2.75) is 18.4 Å². The number of ether oxygens (including phenoxy) is 3. The first-order valence-electron chi connectivity index (χ1n) is 4.14. The van der Waals surface area contributed by atoms with Gasteiger partial charge in [-0.05, 0) is 0 Å². The molecular weight excluding hydrogens is 196 g/mol. The van der Waals surface area contributed by atoms with Gasteiger partial charge in [-0.1, -0.05) is 0 Å². The molecule has 0 aromatic rings. The van der Waals surface area contributed by atoms with Gasteiger partial charge in [0.2, 0.25) is 0 Å². The molecule has 0 atom stereocenters. The first-order valence-corrected chi connectivity index (χ1v) is 4.51. The molecule has 0 bridgehead atoms. The maximum Gasteiger partial charge on any atom is 0.404 e. The average molecular weight is 209 g/mol. The quantitative estimate of drug-likeness (QED) is 0.661. The molecule has 0 aromatic heterocycles. The highest BCUT2D eigenvalue weighted by molar-refractivity contribution is 6.61. The van der Waals surface area contributed by atoms with Crippen LogP contribution in [0.1, 0.15) is 12.8 Å². The van der Waals surface area contributed by atoms with Gasteiger partial charge >= 0.3 is 5.43 Å². The summed E-state index contributed by atoms with van der Waals surface area (Å²) in [7, 11) is 1.57. The fraction of sp³-hybridized carbons (Fsp3) is 0.875. The minimum absolute atomic E-state index is 0.370. The second-order valence-corrected chi connectivity index (χ2v) is 3.38. The van der Waals surface area contributed by atoms with Crippen molar-refractivity contribution in [3.8, 4) is 0 Å². The summed E-state index contributed by atoms with van der Waals surface area (Å²) in [6.07, 6.45) is 1.28. The summed E-state index contributed by atoms with van der Waals surface area (Å²) in [5, 5.41) is 0. The zero-order chi connectivity index (χ0) is 9.73. The number of hydrogen-bond donors (Lipinski definition) is 0. The van der Waals surface area contributed by atoms with E-state index in [1.807, 2.05) is 0 Å². The van der Waals surface area contributed by atoms with Crippen molar-refractivity contribution < 1.29 is 19.0 Å². The standard InChI is InChI=1S/C8H13ClO4/c1-11-6-8(13-7(9)10)2-4-12-5-3-8/h2-6H2,1H3. The van der Waals surface area contributed by atoms with Gasteiger partial charge in [-0.2, -0.15) is 0 Å². The Morgan fingerprint density at radius 2 is 2.15 bits per heavy atom. The summed E-state index contributed by atoms with van der Waals surface area (Å²) >= 11 is 5.18. The lowest BCUT2D eigenvalue weighted by Gasteiger charge is -2.34. The third kappa shape index (κ3) is 3.14. The molecule has 1 heterocycles. The topological polar surface area (TPSA) is 44.8 Å². The highest BCUT2D eigenvalue weighted by Gasteiger charge is 2.36. The second-order valence-electron chi connectivity index (χ2n) is 3.07. The van der Waals surface area contributed by atoms with Gasteiger partial charge in [0, 0.05) is 31.6 Å². The van der Waals surface area contributed by atoms with Crippen LogP contribution in [0.4, 0.5) is 4.79 Å². The van der Waals surface area contributed by atoms with E-state index in [0.717, 1.165) is 0 Å². The van der Waals surface area contributed by atoms with Crippen molar-refractivity contribution in [1.29, 1.82) is 0 Å². The molecular formula is C8H13ClO4. The molecule has 5 heteroatoms. The third-order valence-electron chi connectivity index (χ3n) is 2.11. The first-order chi connectivity index (χ1) is 6.18. The van der Waals surface area contributed by atoms with Crippen LogP contribution in [0.15, 0.2) is 0 Å². The molecule has 0 saturated carbocycles. The lowest BCUT2D eigenvalue weighted by molar-refractivity contribution is -0.0977. The molecule has 0 N–H and O–H groups in total. The van der Waals surface area contributed by atoms with E-state index < -0.39 is 11.0 Å². The highest BCUT2D eigenvalue weighted by Crippen LogP contribution is 2.26. The van der Waals surface area contributed by atoms with Gasteiger partial charge in [0.05, 0.1) is 19.8 Å². The van der Waals surface area contributed by atoms with Gasteiger partial charge in [-0.25, -0.2) is 4.79 Å². The normalized spacial score (nSPS) is 21.1. The Bertz CT molecular complexity index is 171. The van der Waals surface area contributed by atoms with E-state index in [1.54, 1.807) is 7.11 Å². The minimum atomic E-state index is -0.779. The van der Waals surface area contributed by atoms with Gasteiger partial charge in [-0.15, -0.1) is 0 Å². The Hall–Kier alpha value is -0.320. The second kappa shape index (κ2) is 4.79. The van der Waals surface area contributed by atoms with Gasteiger partial charge in [-0.3, -0.25) is 0 Å². The van der Waals surface area contributed by atoms with E-state index in [9.17, 15) is 4.79 Å². The average Bonchev–Trinajstić information content (AvgIpc) is 2.04.